The summed E-state index contributed by atoms with van der Waals surface area (Å²) in [5.41, 5.74) is 0. The Morgan fingerprint density at radius 1 is 1.33 bits per heavy atom. The molecule has 1 aromatic carbocycles. The number of hydrogen-bond donors (Lipinski definition) is 2. The maximum atomic E-state index is 11.8. The number of benzene rings is 1. The number of aliphatic imine (C=N–C) groups is 1. The van der Waals surface area contributed by atoms with Gasteiger partial charge < -0.3 is 0 Å². The fourth-order valence-corrected chi connectivity index (χ4v) is 2.35. The molecule has 5 nitrogen and oxygen atoms in total. The van der Waals surface area contributed by atoms with Crippen molar-refractivity contribution in [1.29, 1.82) is 0 Å². The van der Waals surface area contributed by atoms with Crippen molar-refractivity contribution in [3.63, 3.8) is 0 Å². The lowest BCUT2D eigenvalue weighted by atomic mass is 10.4. The number of nitrogens with zero attached hydrogens (tertiary/aromatic N) is 1. The van der Waals surface area contributed by atoms with Crippen molar-refractivity contribution >= 4 is 16.2 Å². The van der Waals surface area contributed by atoms with Gasteiger partial charge in [-0.25, -0.2) is 8.42 Å². The van der Waals surface area contributed by atoms with Gasteiger partial charge in [0.1, 0.15) is 0 Å². The van der Waals surface area contributed by atoms with Crippen LogP contribution in [0.25, 0.3) is 0 Å². The molecule has 1 heterocycles. The van der Waals surface area contributed by atoms with Crippen molar-refractivity contribution in [3.8, 4) is 0 Å². The van der Waals surface area contributed by atoms with E-state index in [1.165, 1.54) is 0 Å². The van der Waals surface area contributed by atoms with Gasteiger partial charge in [0.05, 0.1) is 4.90 Å². The van der Waals surface area contributed by atoms with Gasteiger partial charge in [-0.3, -0.25) is 10.3 Å². The van der Waals surface area contributed by atoms with E-state index in [1.54, 1.807) is 36.5 Å². The molecule has 15 heavy (non-hydrogen) atoms. The lowest BCUT2D eigenvalue weighted by Gasteiger charge is -2.10. The molecule has 0 fully saturated rings. The van der Waals surface area contributed by atoms with Gasteiger partial charge in [-0.2, -0.15) is 4.72 Å². The van der Waals surface area contributed by atoms with E-state index in [2.05, 4.69) is 15.0 Å². The molecular weight excluding hydrogens is 214 g/mol. The first-order chi connectivity index (χ1) is 7.18. The van der Waals surface area contributed by atoms with Crippen LogP contribution in [-0.4, -0.2) is 27.5 Å². The molecule has 80 valence electrons. The molecule has 1 aliphatic heterocycles. The van der Waals surface area contributed by atoms with Crippen molar-refractivity contribution in [2.45, 2.75) is 11.2 Å². The summed E-state index contributed by atoms with van der Waals surface area (Å²) in [6, 6.07) is 8.22. The van der Waals surface area contributed by atoms with Crippen molar-refractivity contribution < 1.29 is 8.42 Å². The molecule has 6 heteroatoms. The van der Waals surface area contributed by atoms with Gasteiger partial charge in [0.15, 0.2) is 6.29 Å². The van der Waals surface area contributed by atoms with Crippen LogP contribution in [0.15, 0.2) is 40.2 Å². The lowest BCUT2D eigenvalue weighted by Crippen LogP contribution is -2.41. The first-order valence-electron chi connectivity index (χ1n) is 4.51. The summed E-state index contributed by atoms with van der Waals surface area (Å²) in [7, 11) is -3.47. The Morgan fingerprint density at radius 2 is 2.07 bits per heavy atom. The van der Waals surface area contributed by atoms with E-state index in [0.29, 0.717) is 6.54 Å². The topological polar surface area (TPSA) is 70.6 Å². The van der Waals surface area contributed by atoms with Crippen molar-refractivity contribution in [2.24, 2.45) is 4.99 Å². The third-order valence-corrected chi connectivity index (χ3v) is 3.40. The molecule has 1 unspecified atom stereocenters. The van der Waals surface area contributed by atoms with Gasteiger partial charge >= 0.3 is 0 Å². The van der Waals surface area contributed by atoms with E-state index < -0.39 is 16.3 Å². The molecule has 0 amide bonds. The van der Waals surface area contributed by atoms with Crippen molar-refractivity contribution in [2.75, 3.05) is 6.54 Å². The molecule has 0 aromatic heterocycles. The average Bonchev–Trinajstić information content (AvgIpc) is 2.71. The van der Waals surface area contributed by atoms with E-state index in [9.17, 15) is 8.42 Å². The summed E-state index contributed by atoms with van der Waals surface area (Å²) in [4.78, 5) is 4.16. The number of nitrogens with one attached hydrogen (secondary N) is 2. The van der Waals surface area contributed by atoms with Crippen LogP contribution < -0.4 is 10.0 Å². The molecule has 1 aliphatic rings. The SMILES string of the molecule is O=S(=O)(NC1N=CCN1)c1ccccc1. The van der Waals surface area contributed by atoms with Gasteiger partial charge in [0, 0.05) is 12.8 Å². The molecule has 0 saturated heterocycles. The second kappa shape index (κ2) is 4.09. The maximum Gasteiger partial charge on any atom is 0.243 e. The Labute approximate surface area is 88.3 Å². The zero-order valence-corrected chi connectivity index (χ0v) is 8.74. The predicted molar refractivity (Wildman–Crippen MR) is 57.0 cm³/mol. The molecular formula is C9H11N3O2S. The van der Waals surface area contributed by atoms with E-state index in [1.807, 2.05) is 0 Å². The molecule has 2 N–H and O–H groups in total. The number of rotatable bonds is 3. The summed E-state index contributed by atoms with van der Waals surface area (Å²) in [6.45, 7) is 0.585. The fourth-order valence-electron chi connectivity index (χ4n) is 1.26. The van der Waals surface area contributed by atoms with E-state index in [0.717, 1.165) is 0 Å². The quantitative estimate of drug-likeness (QED) is 0.756. The largest absolute Gasteiger partial charge is 0.278 e. The minimum atomic E-state index is -3.47. The summed E-state index contributed by atoms with van der Waals surface area (Å²) < 4.78 is 26.0. The summed E-state index contributed by atoms with van der Waals surface area (Å²) in [5.74, 6) is 0. The van der Waals surface area contributed by atoms with Crippen LogP contribution >= 0.6 is 0 Å². The molecule has 0 radical (unpaired) electrons. The van der Waals surface area contributed by atoms with Gasteiger partial charge in [0.2, 0.25) is 10.0 Å². The van der Waals surface area contributed by atoms with Gasteiger partial charge in [0.25, 0.3) is 0 Å². The zero-order chi connectivity index (χ0) is 10.7. The zero-order valence-electron chi connectivity index (χ0n) is 7.92. The third-order valence-electron chi connectivity index (χ3n) is 1.98. The molecule has 0 aliphatic carbocycles. The van der Waals surface area contributed by atoms with E-state index >= 15 is 0 Å². The normalized spacial score (nSPS) is 20.7. The predicted octanol–water partition coefficient (Wildman–Crippen LogP) is -0.0775. The van der Waals surface area contributed by atoms with Crippen molar-refractivity contribution in [3.05, 3.63) is 30.3 Å². The van der Waals surface area contributed by atoms with Crippen LogP contribution in [0.3, 0.4) is 0 Å². The van der Waals surface area contributed by atoms with Crippen LogP contribution in [0.1, 0.15) is 0 Å². The standard InChI is InChI=1S/C9H11N3O2S/c13-15(14,8-4-2-1-3-5-8)12-9-10-6-7-11-9/h1-6,9,11-12H,7H2. The minimum Gasteiger partial charge on any atom is -0.278 e. The van der Waals surface area contributed by atoms with Crippen molar-refractivity contribution in [1.82, 2.24) is 10.0 Å². The molecule has 0 bridgehead atoms. The Balaban J connectivity index is 2.17. The molecule has 2 rings (SSSR count). The second-order valence-corrected chi connectivity index (χ2v) is 4.79. The Kier molecular flexibility index (Phi) is 2.81. The fraction of sp³-hybridized carbons (Fsp3) is 0.222. The first-order valence-corrected chi connectivity index (χ1v) is 5.99. The average molecular weight is 225 g/mol. The van der Waals surface area contributed by atoms with E-state index in [4.69, 9.17) is 0 Å². The highest BCUT2D eigenvalue weighted by Crippen LogP contribution is 2.07. The summed E-state index contributed by atoms with van der Waals surface area (Å²) in [5, 5.41) is 2.87. The highest BCUT2D eigenvalue weighted by atomic mass is 32.2. The molecule has 0 saturated carbocycles. The molecule has 1 atom stereocenters. The Morgan fingerprint density at radius 3 is 2.67 bits per heavy atom. The number of sulfonamides is 1. The second-order valence-electron chi connectivity index (χ2n) is 3.08. The van der Waals surface area contributed by atoms with Crippen LogP contribution in [0, 0.1) is 0 Å². The molecule has 0 spiro atoms. The van der Waals surface area contributed by atoms with Crippen LogP contribution in [0.5, 0.6) is 0 Å². The lowest BCUT2D eigenvalue weighted by molar-refractivity contribution is 0.530. The summed E-state index contributed by atoms with van der Waals surface area (Å²) >= 11 is 0. The minimum absolute atomic E-state index is 0.244. The maximum absolute atomic E-state index is 11.8. The first kappa shape index (κ1) is 10.3. The van der Waals surface area contributed by atoms with Crippen LogP contribution in [-0.2, 0) is 10.0 Å². The smallest absolute Gasteiger partial charge is 0.243 e. The third kappa shape index (κ3) is 2.41. The Hall–Kier alpha value is -1.24. The monoisotopic (exact) mass is 225 g/mol. The summed E-state index contributed by atoms with van der Waals surface area (Å²) in [6.07, 6.45) is 1.09. The van der Waals surface area contributed by atoms with Crippen LogP contribution in [0.2, 0.25) is 0 Å². The number of hydrogen-bond acceptors (Lipinski definition) is 4. The van der Waals surface area contributed by atoms with Gasteiger partial charge in [-0.15, -0.1) is 0 Å². The highest BCUT2D eigenvalue weighted by Gasteiger charge is 2.19. The van der Waals surface area contributed by atoms with E-state index in [-0.39, 0.29) is 4.90 Å². The highest BCUT2D eigenvalue weighted by molar-refractivity contribution is 7.89. The Bertz CT molecular complexity index is 456. The van der Waals surface area contributed by atoms with Crippen LogP contribution in [0.4, 0.5) is 0 Å². The molecule has 1 aromatic rings. The van der Waals surface area contributed by atoms with Gasteiger partial charge in [-0.05, 0) is 12.1 Å². The van der Waals surface area contributed by atoms with Gasteiger partial charge in [-0.1, -0.05) is 18.2 Å².